The lowest BCUT2D eigenvalue weighted by Crippen LogP contribution is -2.48. The van der Waals surface area contributed by atoms with E-state index in [0.717, 1.165) is 18.8 Å². The van der Waals surface area contributed by atoms with Gasteiger partial charge < -0.3 is 15.1 Å². The van der Waals surface area contributed by atoms with Crippen molar-refractivity contribution in [3.8, 4) is 0 Å². The van der Waals surface area contributed by atoms with Crippen LogP contribution in [0.15, 0.2) is 18.2 Å². The molecule has 0 radical (unpaired) electrons. The molecule has 6 heteroatoms. The van der Waals surface area contributed by atoms with Crippen molar-refractivity contribution in [2.24, 2.45) is 0 Å². The second kappa shape index (κ2) is 6.80. The highest BCUT2D eigenvalue weighted by atomic mass is 35.5. The third-order valence-corrected chi connectivity index (χ3v) is 3.78. The summed E-state index contributed by atoms with van der Waals surface area (Å²) < 4.78 is 0. The Morgan fingerprint density at radius 1 is 1.24 bits per heavy atom. The van der Waals surface area contributed by atoms with Crippen molar-refractivity contribution in [1.82, 2.24) is 4.90 Å². The second-order valence-electron chi connectivity index (χ2n) is 5.06. The van der Waals surface area contributed by atoms with E-state index in [2.05, 4.69) is 10.2 Å². The van der Waals surface area contributed by atoms with Gasteiger partial charge in [0, 0.05) is 44.5 Å². The summed E-state index contributed by atoms with van der Waals surface area (Å²) in [4.78, 5) is 27.1. The van der Waals surface area contributed by atoms with Gasteiger partial charge >= 0.3 is 0 Å². The van der Waals surface area contributed by atoms with Gasteiger partial charge in [-0.05, 0) is 18.2 Å². The Morgan fingerprint density at radius 2 is 1.90 bits per heavy atom. The average Bonchev–Trinajstić information content (AvgIpc) is 2.46. The van der Waals surface area contributed by atoms with Crippen molar-refractivity contribution in [2.75, 3.05) is 36.4 Å². The Bertz CT molecular complexity index is 540. The zero-order valence-electron chi connectivity index (χ0n) is 12.4. The van der Waals surface area contributed by atoms with Gasteiger partial charge in [-0.1, -0.05) is 18.5 Å². The summed E-state index contributed by atoms with van der Waals surface area (Å²) in [5.74, 6) is 0.0613. The third kappa shape index (κ3) is 3.88. The Labute approximate surface area is 129 Å². The quantitative estimate of drug-likeness (QED) is 0.932. The van der Waals surface area contributed by atoms with E-state index >= 15 is 0 Å². The van der Waals surface area contributed by atoms with Gasteiger partial charge in [-0.15, -0.1) is 0 Å². The van der Waals surface area contributed by atoms with Crippen LogP contribution in [0.25, 0.3) is 0 Å². The highest BCUT2D eigenvalue weighted by molar-refractivity contribution is 6.31. The van der Waals surface area contributed by atoms with Gasteiger partial charge in [0.2, 0.25) is 11.8 Å². The lowest BCUT2D eigenvalue weighted by molar-refractivity contribution is -0.131. The number of halogens is 1. The van der Waals surface area contributed by atoms with E-state index in [4.69, 9.17) is 11.6 Å². The monoisotopic (exact) mass is 309 g/mol. The van der Waals surface area contributed by atoms with E-state index in [1.807, 2.05) is 24.0 Å². The molecule has 0 unspecified atom stereocenters. The molecule has 0 spiro atoms. The molecule has 1 saturated heterocycles. The van der Waals surface area contributed by atoms with E-state index in [9.17, 15) is 9.59 Å². The normalized spacial score (nSPS) is 15.0. The molecule has 0 bridgehead atoms. The summed E-state index contributed by atoms with van der Waals surface area (Å²) >= 11 is 6.00. The minimum Gasteiger partial charge on any atom is -0.366 e. The lowest BCUT2D eigenvalue weighted by atomic mass is 10.2. The molecule has 5 nitrogen and oxygen atoms in total. The van der Waals surface area contributed by atoms with Gasteiger partial charge in [0.1, 0.15) is 0 Å². The van der Waals surface area contributed by atoms with Gasteiger partial charge in [0.05, 0.1) is 11.4 Å². The first-order valence-electron chi connectivity index (χ1n) is 7.11. The first-order valence-corrected chi connectivity index (χ1v) is 7.49. The van der Waals surface area contributed by atoms with Crippen molar-refractivity contribution < 1.29 is 9.59 Å². The summed E-state index contributed by atoms with van der Waals surface area (Å²) in [6, 6.07) is 5.47. The molecule has 1 aliphatic heterocycles. The zero-order valence-corrected chi connectivity index (χ0v) is 13.1. The number of amides is 2. The number of hydrogen-bond acceptors (Lipinski definition) is 3. The number of anilines is 2. The van der Waals surface area contributed by atoms with Crippen molar-refractivity contribution in [3.05, 3.63) is 23.2 Å². The van der Waals surface area contributed by atoms with Crippen LogP contribution < -0.4 is 10.2 Å². The maximum absolute atomic E-state index is 11.7. The van der Waals surface area contributed by atoms with E-state index in [1.54, 1.807) is 6.07 Å². The summed E-state index contributed by atoms with van der Waals surface area (Å²) in [5.41, 5.74) is 1.66. The fraction of sp³-hybridized carbons (Fsp3) is 0.467. The smallest absolute Gasteiger partial charge is 0.222 e. The standard InChI is InChI=1S/C15H20ClN3O2/c1-3-15(21)19-8-6-18(7-9-19)14-5-4-12(16)10-13(14)17-11(2)20/h4-5,10H,3,6-9H2,1-2H3,(H,17,20). The molecule has 21 heavy (non-hydrogen) atoms. The van der Waals surface area contributed by atoms with Gasteiger partial charge in [-0.3, -0.25) is 9.59 Å². The van der Waals surface area contributed by atoms with Crippen LogP contribution in [0.3, 0.4) is 0 Å². The first-order chi connectivity index (χ1) is 10.0. The fourth-order valence-electron chi connectivity index (χ4n) is 2.49. The van der Waals surface area contributed by atoms with Crippen LogP contribution >= 0.6 is 11.6 Å². The minimum atomic E-state index is -0.127. The SMILES string of the molecule is CCC(=O)N1CCN(c2ccc(Cl)cc2NC(C)=O)CC1. The molecule has 1 N–H and O–H groups in total. The van der Waals surface area contributed by atoms with Gasteiger partial charge in [0.25, 0.3) is 0 Å². The highest BCUT2D eigenvalue weighted by Gasteiger charge is 2.22. The predicted octanol–water partition coefficient (Wildman–Crippen LogP) is 2.36. The van der Waals surface area contributed by atoms with Gasteiger partial charge in [-0.2, -0.15) is 0 Å². The van der Waals surface area contributed by atoms with E-state index in [0.29, 0.717) is 30.2 Å². The van der Waals surface area contributed by atoms with Crippen LogP contribution in [-0.4, -0.2) is 42.9 Å². The average molecular weight is 310 g/mol. The number of benzene rings is 1. The number of carbonyl (C=O) groups excluding carboxylic acids is 2. The maximum Gasteiger partial charge on any atom is 0.222 e. The maximum atomic E-state index is 11.7. The highest BCUT2D eigenvalue weighted by Crippen LogP contribution is 2.30. The number of nitrogens with zero attached hydrogens (tertiary/aromatic N) is 2. The first kappa shape index (κ1) is 15.6. The van der Waals surface area contributed by atoms with Crippen LogP contribution in [0, 0.1) is 0 Å². The molecule has 114 valence electrons. The van der Waals surface area contributed by atoms with Crippen LogP contribution in [0.4, 0.5) is 11.4 Å². The molecule has 1 heterocycles. The number of piperazine rings is 1. The van der Waals surface area contributed by atoms with Gasteiger partial charge in [0.15, 0.2) is 0 Å². The third-order valence-electron chi connectivity index (χ3n) is 3.54. The fourth-order valence-corrected chi connectivity index (χ4v) is 2.67. The summed E-state index contributed by atoms with van der Waals surface area (Å²) in [6.45, 7) is 6.26. The summed E-state index contributed by atoms with van der Waals surface area (Å²) in [6.07, 6.45) is 0.540. The molecule has 1 aliphatic rings. The zero-order chi connectivity index (χ0) is 15.4. The molecule has 1 aromatic rings. The molecule has 0 saturated carbocycles. The largest absolute Gasteiger partial charge is 0.366 e. The predicted molar refractivity (Wildman–Crippen MR) is 84.8 cm³/mol. The number of rotatable bonds is 3. The molecular weight excluding hydrogens is 290 g/mol. The molecule has 1 aromatic carbocycles. The number of nitrogens with one attached hydrogen (secondary N) is 1. The molecular formula is C15H20ClN3O2. The number of carbonyl (C=O) groups is 2. The minimum absolute atomic E-state index is 0.127. The van der Waals surface area contributed by atoms with E-state index in [1.165, 1.54) is 6.92 Å². The van der Waals surface area contributed by atoms with E-state index < -0.39 is 0 Å². The lowest BCUT2D eigenvalue weighted by Gasteiger charge is -2.37. The Kier molecular flexibility index (Phi) is 5.07. The van der Waals surface area contributed by atoms with Crippen LogP contribution in [0.1, 0.15) is 20.3 Å². The summed E-state index contributed by atoms with van der Waals surface area (Å²) in [7, 11) is 0. The second-order valence-corrected chi connectivity index (χ2v) is 5.50. The van der Waals surface area contributed by atoms with Gasteiger partial charge in [-0.25, -0.2) is 0 Å². The van der Waals surface area contributed by atoms with Crippen LogP contribution in [-0.2, 0) is 9.59 Å². The molecule has 0 atom stereocenters. The van der Waals surface area contributed by atoms with Crippen LogP contribution in [0.5, 0.6) is 0 Å². The number of hydrogen-bond donors (Lipinski definition) is 1. The van der Waals surface area contributed by atoms with Crippen molar-refractivity contribution in [1.29, 1.82) is 0 Å². The van der Waals surface area contributed by atoms with Crippen molar-refractivity contribution in [3.63, 3.8) is 0 Å². The molecule has 2 rings (SSSR count). The Morgan fingerprint density at radius 3 is 2.48 bits per heavy atom. The Balaban J connectivity index is 2.12. The molecule has 1 fully saturated rings. The Hall–Kier alpha value is -1.75. The van der Waals surface area contributed by atoms with E-state index in [-0.39, 0.29) is 11.8 Å². The topological polar surface area (TPSA) is 52.7 Å². The van der Waals surface area contributed by atoms with Crippen molar-refractivity contribution in [2.45, 2.75) is 20.3 Å². The summed E-state index contributed by atoms with van der Waals surface area (Å²) in [5, 5.41) is 3.40. The van der Waals surface area contributed by atoms with Crippen LogP contribution in [0.2, 0.25) is 5.02 Å². The molecule has 2 amide bonds. The molecule has 0 aliphatic carbocycles. The molecule has 0 aromatic heterocycles. The van der Waals surface area contributed by atoms with Crippen molar-refractivity contribution >= 4 is 34.8 Å².